The van der Waals surface area contributed by atoms with Crippen molar-refractivity contribution in [2.24, 2.45) is 0 Å². The van der Waals surface area contributed by atoms with E-state index in [9.17, 15) is 0 Å². The minimum absolute atomic E-state index is 0.247. The maximum absolute atomic E-state index is 8.96. The number of aliphatic hydroxyl groups is 1. The van der Waals surface area contributed by atoms with Crippen molar-refractivity contribution in [1.29, 1.82) is 0 Å². The molecule has 0 radical (unpaired) electrons. The van der Waals surface area contributed by atoms with Crippen molar-refractivity contribution in [1.82, 2.24) is 10.2 Å². The molecular weight excluding hydrogens is 194 g/mol. The van der Waals surface area contributed by atoms with Crippen LogP contribution in [0, 0.1) is 0 Å². The number of thioether (sulfide) groups is 1. The van der Waals surface area contributed by atoms with Crippen LogP contribution in [0.1, 0.15) is 13.3 Å². The molecule has 0 bridgehead atoms. The van der Waals surface area contributed by atoms with Crippen LogP contribution in [0.15, 0.2) is 4.34 Å². The second-order valence-corrected chi connectivity index (χ2v) is 4.74. The van der Waals surface area contributed by atoms with E-state index in [2.05, 4.69) is 10.2 Å². The van der Waals surface area contributed by atoms with E-state index in [0.29, 0.717) is 5.13 Å². The highest BCUT2D eigenvalue weighted by Crippen LogP contribution is 2.24. The predicted octanol–water partition coefficient (Wildman–Crippen LogP) is 0.983. The highest BCUT2D eigenvalue weighted by atomic mass is 32.2. The van der Waals surface area contributed by atoms with Gasteiger partial charge in [0.25, 0.3) is 0 Å². The number of nitrogens with zero attached hydrogens (tertiary/aromatic N) is 2. The monoisotopic (exact) mass is 205 g/mol. The second kappa shape index (κ2) is 4.64. The Morgan fingerprint density at radius 1 is 1.67 bits per heavy atom. The molecule has 0 amide bonds. The Balaban J connectivity index is 2.24. The molecule has 1 heterocycles. The molecule has 0 spiro atoms. The fraction of sp³-hybridized carbons (Fsp3) is 0.667. The number of hydrogen-bond donors (Lipinski definition) is 2. The number of anilines is 1. The van der Waals surface area contributed by atoms with Crippen LogP contribution in [0.25, 0.3) is 0 Å². The zero-order valence-corrected chi connectivity index (χ0v) is 8.36. The lowest BCUT2D eigenvalue weighted by atomic mass is 10.3. The number of rotatable bonds is 4. The van der Waals surface area contributed by atoms with Crippen molar-refractivity contribution in [3.63, 3.8) is 0 Å². The van der Waals surface area contributed by atoms with Gasteiger partial charge < -0.3 is 10.8 Å². The third-order valence-corrected chi connectivity index (χ3v) is 3.10. The lowest BCUT2D eigenvalue weighted by Gasteiger charge is -1.99. The minimum atomic E-state index is -0.247. The maximum atomic E-state index is 8.96. The van der Waals surface area contributed by atoms with Crippen molar-refractivity contribution in [2.75, 3.05) is 11.5 Å². The van der Waals surface area contributed by atoms with Crippen LogP contribution in [0.2, 0.25) is 0 Å². The summed E-state index contributed by atoms with van der Waals surface area (Å²) in [5, 5.41) is 17.0. The van der Waals surface area contributed by atoms with Gasteiger partial charge in [0, 0.05) is 5.75 Å². The van der Waals surface area contributed by atoms with Gasteiger partial charge in [0.15, 0.2) is 4.34 Å². The lowest BCUT2D eigenvalue weighted by molar-refractivity contribution is 0.192. The predicted molar refractivity (Wildman–Crippen MR) is 51.3 cm³/mol. The molecule has 4 nitrogen and oxygen atoms in total. The fourth-order valence-electron chi connectivity index (χ4n) is 0.596. The molecule has 68 valence electrons. The normalized spacial score (nSPS) is 13.2. The first kappa shape index (κ1) is 9.76. The van der Waals surface area contributed by atoms with E-state index < -0.39 is 0 Å². The minimum Gasteiger partial charge on any atom is -0.393 e. The molecule has 1 unspecified atom stereocenters. The van der Waals surface area contributed by atoms with Crippen molar-refractivity contribution in [3.8, 4) is 0 Å². The van der Waals surface area contributed by atoms with Gasteiger partial charge >= 0.3 is 0 Å². The zero-order valence-electron chi connectivity index (χ0n) is 6.73. The summed E-state index contributed by atoms with van der Waals surface area (Å²) in [7, 11) is 0. The topological polar surface area (TPSA) is 72.0 Å². The summed E-state index contributed by atoms with van der Waals surface area (Å²) >= 11 is 2.95. The average molecular weight is 205 g/mol. The molecule has 0 saturated heterocycles. The molecule has 3 N–H and O–H groups in total. The highest BCUT2D eigenvalue weighted by molar-refractivity contribution is 8.01. The molecule has 12 heavy (non-hydrogen) atoms. The van der Waals surface area contributed by atoms with Gasteiger partial charge in [-0.05, 0) is 13.3 Å². The van der Waals surface area contributed by atoms with E-state index in [1.165, 1.54) is 11.3 Å². The quantitative estimate of drug-likeness (QED) is 0.717. The Kier molecular flexibility index (Phi) is 3.77. The molecule has 1 rings (SSSR count). The molecule has 0 saturated carbocycles. The summed E-state index contributed by atoms with van der Waals surface area (Å²) in [5.41, 5.74) is 5.39. The van der Waals surface area contributed by atoms with E-state index in [0.717, 1.165) is 16.5 Å². The van der Waals surface area contributed by atoms with Gasteiger partial charge in [-0.2, -0.15) is 0 Å². The Morgan fingerprint density at radius 2 is 2.42 bits per heavy atom. The van der Waals surface area contributed by atoms with Crippen LogP contribution >= 0.6 is 23.1 Å². The third-order valence-electron chi connectivity index (χ3n) is 1.18. The van der Waals surface area contributed by atoms with Crippen molar-refractivity contribution < 1.29 is 5.11 Å². The number of aromatic nitrogens is 2. The largest absolute Gasteiger partial charge is 0.393 e. The van der Waals surface area contributed by atoms with E-state index in [-0.39, 0.29) is 6.10 Å². The summed E-state index contributed by atoms with van der Waals surface area (Å²) in [6.07, 6.45) is 0.521. The van der Waals surface area contributed by atoms with Gasteiger partial charge in [-0.1, -0.05) is 23.1 Å². The third kappa shape index (κ3) is 3.38. The fourth-order valence-corrected chi connectivity index (χ4v) is 2.41. The first-order valence-electron chi connectivity index (χ1n) is 3.58. The molecule has 0 fully saturated rings. The van der Waals surface area contributed by atoms with Crippen molar-refractivity contribution in [2.45, 2.75) is 23.8 Å². The summed E-state index contributed by atoms with van der Waals surface area (Å²) in [5.74, 6) is 0.853. The van der Waals surface area contributed by atoms with E-state index in [1.54, 1.807) is 18.7 Å². The van der Waals surface area contributed by atoms with Crippen LogP contribution in [-0.4, -0.2) is 27.2 Å². The standard InChI is InChI=1S/C6H11N3OS2/c1-4(10)2-3-11-6-9-8-5(7)12-6/h4,10H,2-3H2,1H3,(H2,7,8). The molecule has 1 aromatic rings. The SMILES string of the molecule is CC(O)CCSc1nnc(N)s1. The zero-order chi connectivity index (χ0) is 8.97. The molecular formula is C6H11N3OS2. The van der Waals surface area contributed by atoms with Gasteiger partial charge in [-0.15, -0.1) is 10.2 Å². The second-order valence-electron chi connectivity index (χ2n) is 2.39. The maximum Gasteiger partial charge on any atom is 0.203 e. The Morgan fingerprint density at radius 3 is 2.92 bits per heavy atom. The van der Waals surface area contributed by atoms with Gasteiger partial charge in [-0.25, -0.2) is 0 Å². The summed E-state index contributed by atoms with van der Waals surface area (Å²) in [6.45, 7) is 1.77. The molecule has 0 aliphatic heterocycles. The van der Waals surface area contributed by atoms with Crippen LogP contribution < -0.4 is 5.73 Å². The molecule has 0 aromatic carbocycles. The van der Waals surface area contributed by atoms with Crippen LogP contribution in [0.3, 0.4) is 0 Å². The summed E-state index contributed by atoms with van der Waals surface area (Å²) < 4.78 is 0.869. The summed E-state index contributed by atoms with van der Waals surface area (Å²) in [4.78, 5) is 0. The average Bonchev–Trinajstić information content (AvgIpc) is 2.35. The number of hydrogen-bond acceptors (Lipinski definition) is 6. The molecule has 1 aromatic heterocycles. The highest BCUT2D eigenvalue weighted by Gasteiger charge is 2.02. The smallest absolute Gasteiger partial charge is 0.203 e. The van der Waals surface area contributed by atoms with Gasteiger partial charge in [0.05, 0.1) is 6.10 Å². The molecule has 0 aliphatic carbocycles. The first-order chi connectivity index (χ1) is 5.68. The van der Waals surface area contributed by atoms with E-state index >= 15 is 0 Å². The Labute approximate surface area is 79.2 Å². The Hall–Kier alpha value is -0.330. The van der Waals surface area contributed by atoms with Gasteiger partial charge in [-0.3, -0.25) is 0 Å². The van der Waals surface area contributed by atoms with Gasteiger partial charge in [0.2, 0.25) is 5.13 Å². The van der Waals surface area contributed by atoms with Crippen molar-refractivity contribution in [3.05, 3.63) is 0 Å². The lowest BCUT2D eigenvalue weighted by Crippen LogP contribution is -1.99. The van der Waals surface area contributed by atoms with Gasteiger partial charge in [0.1, 0.15) is 0 Å². The Bertz CT molecular complexity index is 238. The number of aliphatic hydroxyl groups excluding tert-OH is 1. The molecule has 0 aliphatic rings. The number of nitrogen functional groups attached to an aromatic ring is 1. The van der Waals surface area contributed by atoms with E-state index in [4.69, 9.17) is 10.8 Å². The van der Waals surface area contributed by atoms with Crippen LogP contribution in [-0.2, 0) is 0 Å². The first-order valence-corrected chi connectivity index (χ1v) is 5.38. The van der Waals surface area contributed by atoms with E-state index in [1.807, 2.05) is 0 Å². The van der Waals surface area contributed by atoms with Crippen molar-refractivity contribution >= 4 is 28.2 Å². The molecule has 1 atom stereocenters. The number of nitrogens with two attached hydrogens (primary N) is 1. The van der Waals surface area contributed by atoms with Crippen LogP contribution in [0.4, 0.5) is 5.13 Å². The summed E-state index contributed by atoms with van der Waals surface area (Å²) in [6, 6.07) is 0. The van der Waals surface area contributed by atoms with Crippen LogP contribution in [0.5, 0.6) is 0 Å². The molecule has 6 heteroatoms.